The van der Waals surface area contributed by atoms with Crippen LogP contribution in [0.25, 0.3) is 22.4 Å². The Hall–Kier alpha value is -5.70. The zero-order valence-corrected chi connectivity index (χ0v) is 25.7. The molecule has 1 aliphatic carbocycles. The Kier molecular flexibility index (Phi) is 9.19. The summed E-state index contributed by atoms with van der Waals surface area (Å²) in [6.07, 6.45) is 12.6. The van der Waals surface area contributed by atoms with Crippen molar-refractivity contribution in [3.8, 4) is 34.5 Å². The minimum Gasteiger partial charge on any atom is -0.467 e. The third-order valence-electron chi connectivity index (χ3n) is 8.27. The number of pyridine rings is 1. The van der Waals surface area contributed by atoms with Crippen LogP contribution in [0.5, 0.6) is 6.01 Å². The maximum absolute atomic E-state index is 13.8. The molecule has 1 aliphatic rings. The van der Waals surface area contributed by atoms with Crippen LogP contribution in [0.3, 0.4) is 0 Å². The number of benzene rings is 1. The van der Waals surface area contributed by atoms with Crippen molar-refractivity contribution >= 4 is 17.7 Å². The van der Waals surface area contributed by atoms with Gasteiger partial charge in [-0.3, -0.25) is 14.8 Å². The summed E-state index contributed by atoms with van der Waals surface area (Å²) >= 11 is 0. The van der Waals surface area contributed by atoms with E-state index in [1.54, 1.807) is 31.0 Å². The topological polar surface area (TPSA) is 158 Å². The standard InChI is InChI=1S/C34H34N10O2/c1-22-29(21-40-43-22)32-25(16-35)18-37-33(42-32)41-27-10-12-28(13-11-27)44(31(45)15-8-23-6-4-3-5-7-23)30-14-9-24(17-36-30)26-19-38-34(46-2)39-20-26/h3-7,9,14,17-21,27-28H,8,10-13,15H2,1-2H3,(H,40,43)(H,37,41,42). The molecule has 4 aromatic heterocycles. The second kappa shape index (κ2) is 13.9. The molecule has 0 unspecified atom stereocenters. The maximum Gasteiger partial charge on any atom is 0.316 e. The first-order valence-corrected chi connectivity index (χ1v) is 15.2. The average Bonchev–Trinajstić information content (AvgIpc) is 3.54. The normalized spacial score (nSPS) is 15.9. The van der Waals surface area contributed by atoms with Gasteiger partial charge >= 0.3 is 6.01 Å². The van der Waals surface area contributed by atoms with Crippen molar-refractivity contribution in [2.45, 2.75) is 57.5 Å². The summed E-state index contributed by atoms with van der Waals surface area (Å²) in [6.45, 7) is 1.89. The first kappa shape index (κ1) is 30.3. The van der Waals surface area contributed by atoms with Crippen molar-refractivity contribution < 1.29 is 9.53 Å². The van der Waals surface area contributed by atoms with Gasteiger partial charge < -0.3 is 10.1 Å². The molecule has 1 saturated carbocycles. The number of ether oxygens (including phenoxy) is 1. The van der Waals surface area contributed by atoms with Crippen LogP contribution in [0.2, 0.25) is 0 Å². The lowest BCUT2D eigenvalue weighted by Crippen LogP contribution is -2.45. The minimum absolute atomic E-state index is 0.00461. The number of carbonyl (C=O) groups is 1. The number of aromatic amines is 1. The lowest BCUT2D eigenvalue weighted by molar-refractivity contribution is -0.119. The smallest absolute Gasteiger partial charge is 0.316 e. The number of rotatable bonds is 10. The molecular weight excluding hydrogens is 580 g/mol. The van der Waals surface area contributed by atoms with Crippen LogP contribution in [-0.2, 0) is 11.2 Å². The highest BCUT2D eigenvalue weighted by Crippen LogP contribution is 2.31. The molecule has 2 N–H and O–H groups in total. The van der Waals surface area contributed by atoms with Gasteiger partial charge in [0.15, 0.2) is 0 Å². The molecule has 6 rings (SSSR count). The van der Waals surface area contributed by atoms with Gasteiger partial charge in [-0.1, -0.05) is 30.3 Å². The third kappa shape index (κ3) is 6.83. The number of hydrogen-bond acceptors (Lipinski definition) is 10. The Labute approximate surface area is 267 Å². The average molecular weight is 615 g/mol. The van der Waals surface area contributed by atoms with Crippen LogP contribution in [0.15, 0.2) is 73.4 Å². The molecule has 12 nitrogen and oxygen atoms in total. The summed E-state index contributed by atoms with van der Waals surface area (Å²) in [5, 5.41) is 20.0. The Morgan fingerprint density at radius 2 is 1.74 bits per heavy atom. The molecule has 1 aromatic carbocycles. The predicted molar refractivity (Wildman–Crippen MR) is 173 cm³/mol. The van der Waals surface area contributed by atoms with Gasteiger partial charge in [-0.2, -0.15) is 10.4 Å². The first-order valence-electron chi connectivity index (χ1n) is 15.2. The van der Waals surface area contributed by atoms with E-state index in [0.717, 1.165) is 53.6 Å². The lowest BCUT2D eigenvalue weighted by Gasteiger charge is -2.36. The van der Waals surface area contributed by atoms with Gasteiger partial charge in [-0.25, -0.2) is 24.9 Å². The second-order valence-electron chi connectivity index (χ2n) is 11.2. The van der Waals surface area contributed by atoms with E-state index in [9.17, 15) is 10.1 Å². The Morgan fingerprint density at radius 1 is 0.978 bits per heavy atom. The zero-order valence-electron chi connectivity index (χ0n) is 25.7. The van der Waals surface area contributed by atoms with Crippen molar-refractivity contribution in [1.29, 1.82) is 5.26 Å². The molecule has 0 bridgehead atoms. The van der Waals surface area contributed by atoms with E-state index in [1.807, 2.05) is 54.3 Å². The molecule has 4 heterocycles. The van der Waals surface area contributed by atoms with Crippen LogP contribution in [0.1, 0.15) is 48.9 Å². The number of H-pyrrole nitrogens is 1. The molecule has 0 spiro atoms. The van der Waals surface area contributed by atoms with Gasteiger partial charge in [0.2, 0.25) is 11.9 Å². The van der Waals surface area contributed by atoms with E-state index in [4.69, 9.17) is 9.72 Å². The summed E-state index contributed by atoms with van der Waals surface area (Å²) in [5.41, 5.74) is 5.32. The van der Waals surface area contributed by atoms with Gasteiger partial charge in [0.1, 0.15) is 11.9 Å². The van der Waals surface area contributed by atoms with Gasteiger partial charge in [-0.05, 0) is 56.7 Å². The molecule has 0 saturated heterocycles. The molecular formula is C34H34N10O2. The van der Waals surface area contributed by atoms with Crippen LogP contribution in [0.4, 0.5) is 11.8 Å². The quantitative estimate of drug-likeness (QED) is 0.211. The van der Waals surface area contributed by atoms with Crippen LogP contribution in [-0.4, -0.2) is 60.2 Å². The molecule has 5 aromatic rings. The van der Waals surface area contributed by atoms with Gasteiger partial charge in [0, 0.05) is 59.5 Å². The monoisotopic (exact) mass is 614 g/mol. The van der Waals surface area contributed by atoms with E-state index >= 15 is 0 Å². The number of hydrogen-bond donors (Lipinski definition) is 2. The molecule has 12 heteroatoms. The molecule has 0 atom stereocenters. The number of aryl methyl sites for hydroxylation is 2. The fourth-order valence-corrected chi connectivity index (χ4v) is 5.79. The number of carbonyl (C=O) groups excluding carboxylic acids is 1. The van der Waals surface area contributed by atoms with E-state index < -0.39 is 0 Å². The number of nitrogens with one attached hydrogen (secondary N) is 2. The van der Waals surface area contributed by atoms with Crippen molar-refractivity contribution in [1.82, 2.24) is 35.1 Å². The van der Waals surface area contributed by atoms with Crippen molar-refractivity contribution in [2.75, 3.05) is 17.3 Å². The second-order valence-corrected chi connectivity index (χ2v) is 11.2. The van der Waals surface area contributed by atoms with E-state index in [-0.39, 0.29) is 18.0 Å². The SMILES string of the molecule is COc1ncc(-c2ccc(N(C(=O)CCc3ccccc3)C3CCC(Nc4ncc(C#N)c(-c5cn[nH]c5C)n4)CC3)nc2)cn1. The minimum atomic E-state index is -0.00461. The number of aromatic nitrogens is 7. The Bertz CT molecular complexity index is 1810. The van der Waals surface area contributed by atoms with Crippen molar-refractivity contribution in [3.63, 3.8) is 0 Å². The highest BCUT2D eigenvalue weighted by atomic mass is 16.5. The Balaban J connectivity index is 1.17. The summed E-state index contributed by atoms with van der Waals surface area (Å²) in [4.78, 5) is 37.9. The van der Waals surface area contributed by atoms with Gasteiger partial charge in [-0.15, -0.1) is 0 Å². The molecule has 232 valence electrons. The molecule has 1 amide bonds. The zero-order chi connectivity index (χ0) is 31.9. The first-order chi connectivity index (χ1) is 22.5. The summed E-state index contributed by atoms with van der Waals surface area (Å²) in [7, 11) is 1.53. The largest absolute Gasteiger partial charge is 0.467 e. The lowest BCUT2D eigenvalue weighted by atomic mass is 9.89. The third-order valence-corrected chi connectivity index (χ3v) is 8.27. The fraction of sp³-hybridized carbons (Fsp3) is 0.294. The number of methoxy groups -OCH3 is 1. The molecule has 0 radical (unpaired) electrons. The highest BCUT2D eigenvalue weighted by Gasteiger charge is 2.31. The van der Waals surface area contributed by atoms with E-state index in [1.165, 1.54) is 7.11 Å². The predicted octanol–water partition coefficient (Wildman–Crippen LogP) is 5.30. The maximum atomic E-state index is 13.8. The molecule has 46 heavy (non-hydrogen) atoms. The molecule has 1 fully saturated rings. The number of amides is 1. The van der Waals surface area contributed by atoms with Gasteiger partial charge in [0.05, 0.1) is 30.8 Å². The summed E-state index contributed by atoms with van der Waals surface area (Å²) < 4.78 is 5.07. The fourth-order valence-electron chi connectivity index (χ4n) is 5.79. The van der Waals surface area contributed by atoms with Crippen molar-refractivity contribution in [3.05, 3.63) is 90.3 Å². The highest BCUT2D eigenvalue weighted by molar-refractivity contribution is 5.93. The summed E-state index contributed by atoms with van der Waals surface area (Å²) in [5.74, 6) is 1.14. The van der Waals surface area contributed by atoms with Crippen LogP contribution >= 0.6 is 0 Å². The molecule has 0 aliphatic heterocycles. The summed E-state index contributed by atoms with van der Waals surface area (Å²) in [6, 6.07) is 16.5. The number of nitriles is 1. The Morgan fingerprint density at radius 3 is 2.39 bits per heavy atom. The van der Waals surface area contributed by atoms with Gasteiger partial charge in [0.25, 0.3) is 0 Å². The van der Waals surface area contributed by atoms with Crippen molar-refractivity contribution in [2.24, 2.45) is 0 Å². The van der Waals surface area contributed by atoms with E-state index in [2.05, 4.69) is 41.5 Å². The van der Waals surface area contributed by atoms with Crippen LogP contribution < -0.4 is 15.0 Å². The number of nitrogens with zero attached hydrogens (tertiary/aromatic N) is 8. The van der Waals surface area contributed by atoms with E-state index in [0.29, 0.717) is 41.9 Å². The van der Waals surface area contributed by atoms with Crippen LogP contribution in [0, 0.1) is 18.3 Å². The number of anilines is 2.